The smallest absolute Gasteiger partial charge is 0.253 e. The van der Waals surface area contributed by atoms with E-state index in [0.29, 0.717) is 42.6 Å². The molecule has 4 rings (SSSR count). The monoisotopic (exact) mass is 498 g/mol. The number of hydrogen-bond donors (Lipinski definition) is 1. The van der Waals surface area contributed by atoms with Crippen molar-refractivity contribution in [2.24, 2.45) is 5.92 Å². The van der Waals surface area contributed by atoms with Gasteiger partial charge in [0.15, 0.2) is 0 Å². The van der Waals surface area contributed by atoms with E-state index in [0.717, 1.165) is 10.5 Å². The van der Waals surface area contributed by atoms with E-state index in [4.69, 9.17) is 0 Å². The zero-order valence-corrected chi connectivity index (χ0v) is 18.7. The zero-order chi connectivity index (χ0) is 22.7. The van der Waals surface area contributed by atoms with E-state index < -0.39 is 11.6 Å². The maximum Gasteiger partial charge on any atom is 0.253 e. The number of piperidine rings is 1. The van der Waals surface area contributed by atoms with Crippen LogP contribution in [-0.4, -0.2) is 29.8 Å². The van der Waals surface area contributed by atoms with Crippen molar-refractivity contribution in [3.8, 4) is 11.1 Å². The van der Waals surface area contributed by atoms with Crippen molar-refractivity contribution in [2.45, 2.75) is 12.8 Å². The largest absolute Gasteiger partial charge is 0.339 e. The first-order valence-electron chi connectivity index (χ1n) is 10.3. The maximum absolute atomic E-state index is 14.6. The quantitative estimate of drug-likeness (QED) is 0.487. The molecule has 3 aromatic carbocycles. The molecular weight excluding hydrogens is 478 g/mol. The molecule has 32 heavy (non-hydrogen) atoms. The second-order valence-corrected chi connectivity index (χ2v) is 8.65. The molecule has 7 heteroatoms. The van der Waals surface area contributed by atoms with Gasteiger partial charge in [-0.15, -0.1) is 0 Å². The van der Waals surface area contributed by atoms with E-state index >= 15 is 0 Å². The van der Waals surface area contributed by atoms with Crippen molar-refractivity contribution in [1.29, 1.82) is 0 Å². The molecule has 0 saturated carbocycles. The summed E-state index contributed by atoms with van der Waals surface area (Å²) in [5, 5.41) is 2.67. The highest BCUT2D eigenvalue weighted by atomic mass is 79.9. The SMILES string of the molecule is O=C(Nc1c(F)cc(F)cc1-c1ccccc1)C1CCN(C(=O)c2ccc(Br)cc2)CC1. The fourth-order valence-corrected chi connectivity index (χ4v) is 4.16. The highest BCUT2D eigenvalue weighted by molar-refractivity contribution is 9.10. The Morgan fingerprint density at radius 2 is 1.59 bits per heavy atom. The van der Waals surface area contributed by atoms with E-state index in [9.17, 15) is 18.4 Å². The Hall–Kier alpha value is -3.06. The Balaban J connectivity index is 1.45. The Morgan fingerprint density at radius 1 is 0.938 bits per heavy atom. The van der Waals surface area contributed by atoms with Gasteiger partial charge in [-0.3, -0.25) is 9.59 Å². The van der Waals surface area contributed by atoms with Gasteiger partial charge in [-0.25, -0.2) is 8.78 Å². The molecule has 4 nitrogen and oxygen atoms in total. The van der Waals surface area contributed by atoms with Gasteiger partial charge < -0.3 is 10.2 Å². The molecule has 3 aromatic rings. The molecule has 0 radical (unpaired) electrons. The average Bonchev–Trinajstić information content (AvgIpc) is 2.81. The molecular formula is C25H21BrF2N2O2. The molecule has 0 aromatic heterocycles. The summed E-state index contributed by atoms with van der Waals surface area (Å²) < 4.78 is 29.4. The lowest BCUT2D eigenvalue weighted by atomic mass is 9.94. The number of hydrogen-bond acceptors (Lipinski definition) is 2. The summed E-state index contributed by atoms with van der Waals surface area (Å²) in [5.74, 6) is -2.30. The van der Waals surface area contributed by atoms with Crippen LogP contribution in [0.3, 0.4) is 0 Å². The third kappa shape index (κ3) is 4.88. The molecule has 0 bridgehead atoms. The molecule has 164 valence electrons. The number of carbonyl (C=O) groups is 2. The molecule has 0 atom stereocenters. The molecule has 1 saturated heterocycles. The van der Waals surface area contributed by atoms with E-state index in [-0.39, 0.29) is 23.4 Å². The summed E-state index contributed by atoms with van der Waals surface area (Å²) in [7, 11) is 0. The van der Waals surface area contributed by atoms with Crippen molar-refractivity contribution >= 4 is 33.4 Å². The number of rotatable bonds is 4. The van der Waals surface area contributed by atoms with Crippen molar-refractivity contribution in [3.05, 3.63) is 88.4 Å². The van der Waals surface area contributed by atoms with Gasteiger partial charge in [-0.1, -0.05) is 46.3 Å². The van der Waals surface area contributed by atoms with Crippen LogP contribution < -0.4 is 5.32 Å². The van der Waals surface area contributed by atoms with Crippen LogP contribution in [0.15, 0.2) is 71.2 Å². The van der Waals surface area contributed by atoms with E-state index in [2.05, 4.69) is 21.2 Å². The first-order chi connectivity index (χ1) is 15.4. The molecule has 1 N–H and O–H groups in total. The summed E-state index contributed by atoms with van der Waals surface area (Å²) in [6.07, 6.45) is 0.940. The summed E-state index contributed by atoms with van der Waals surface area (Å²) in [6, 6.07) is 17.9. The van der Waals surface area contributed by atoms with Crippen LogP contribution in [0.5, 0.6) is 0 Å². The Kier molecular flexibility index (Phi) is 6.65. The van der Waals surface area contributed by atoms with Crippen LogP contribution >= 0.6 is 15.9 Å². The van der Waals surface area contributed by atoms with Crippen LogP contribution in [0.25, 0.3) is 11.1 Å². The number of nitrogens with one attached hydrogen (secondary N) is 1. The molecule has 0 aliphatic carbocycles. The van der Waals surface area contributed by atoms with Gasteiger partial charge in [0, 0.05) is 40.7 Å². The minimum absolute atomic E-state index is 0.0315. The van der Waals surface area contributed by atoms with E-state index in [1.807, 2.05) is 12.1 Å². The number of benzene rings is 3. The Bertz CT molecular complexity index is 1130. The molecule has 2 amide bonds. The van der Waals surface area contributed by atoms with Crippen molar-refractivity contribution in [1.82, 2.24) is 4.90 Å². The third-order valence-corrected chi connectivity index (χ3v) is 6.16. The Labute approximate surface area is 193 Å². The van der Waals surface area contributed by atoms with Gasteiger partial charge in [0.2, 0.25) is 5.91 Å². The van der Waals surface area contributed by atoms with Gasteiger partial charge in [-0.05, 0) is 48.7 Å². The third-order valence-electron chi connectivity index (χ3n) is 5.63. The topological polar surface area (TPSA) is 49.4 Å². The van der Waals surface area contributed by atoms with Gasteiger partial charge in [-0.2, -0.15) is 0 Å². The normalized spacial score (nSPS) is 14.3. The van der Waals surface area contributed by atoms with Gasteiger partial charge in [0.05, 0.1) is 5.69 Å². The maximum atomic E-state index is 14.6. The molecule has 1 heterocycles. The van der Waals surface area contributed by atoms with Crippen LogP contribution in [0, 0.1) is 17.6 Å². The predicted molar refractivity (Wildman–Crippen MR) is 123 cm³/mol. The first kappa shape index (κ1) is 22.1. The van der Waals surface area contributed by atoms with Gasteiger partial charge in [0.25, 0.3) is 5.91 Å². The molecule has 1 fully saturated rings. The minimum Gasteiger partial charge on any atom is -0.339 e. The number of amides is 2. The van der Waals surface area contributed by atoms with Crippen molar-refractivity contribution < 1.29 is 18.4 Å². The summed E-state index contributed by atoms with van der Waals surface area (Å²) in [4.78, 5) is 27.3. The van der Waals surface area contributed by atoms with Crippen molar-refractivity contribution in [2.75, 3.05) is 18.4 Å². The second kappa shape index (κ2) is 9.61. The van der Waals surface area contributed by atoms with E-state index in [1.54, 1.807) is 47.4 Å². The molecule has 0 spiro atoms. The number of anilines is 1. The molecule has 1 aliphatic heterocycles. The zero-order valence-electron chi connectivity index (χ0n) is 17.2. The lowest BCUT2D eigenvalue weighted by molar-refractivity contribution is -0.121. The second-order valence-electron chi connectivity index (χ2n) is 7.74. The van der Waals surface area contributed by atoms with Crippen LogP contribution in [0.4, 0.5) is 14.5 Å². The summed E-state index contributed by atoms with van der Waals surface area (Å²) in [6.45, 7) is 0.870. The lowest BCUT2D eigenvalue weighted by Gasteiger charge is -2.31. The number of nitrogens with zero attached hydrogens (tertiary/aromatic N) is 1. The number of halogens is 3. The average molecular weight is 499 g/mol. The lowest BCUT2D eigenvalue weighted by Crippen LogP contribution is -2.41. The summed E-state index contributed by atoms with van der Waals surface area (Å²) >= 11 is 3.35. The van der Waals surface area contributed by atoms with Gasteiger partial charge >= 0.3 is 0 Å². The Morgan fingerprint density at radius 3 is 2.25 bits per heavy atom. The highest BCUT2D eigenvalue weighted by Gasteiger charge is 2.29. The molecule has 1 aliphatic rings. The minimum atomic E-state index is -0.819. The fraction of sp³-hybridized carbons (Fsp3) is 0.200. The summed E-state index contributed by atoms with van der Waals surface area (Å²) in [5.41, 5.74) is 1.46. The standard InChI is InChI=1S/C25H21BrF2N2O2/c26-19-8-6-18(7-9-19)25(32)30-12-10-17(11-13-30)24(31)29-23-21(14-20(27)15-22(23)28)16-4-2-1-3-5-16/h1-9,14-15,17H,10-13H2,(H,29,31). The van der Waals surface area contributed by atoms with E-state index in [1.165, 1.54) is 6.07 Å². The van der Waals surface area contributed by atoms with Crippen LogP contribution in [0.1, 0.15) is 23.2 Å². The first-order valence-corrected chi connectivity index (χ1v) is 11.1. The predicted octanol–water partition coefficient (Wildman–Crippen LogP) is 5.89. The molecule has 0 unspecified atom stereocenters. The number of likely N-dealkylation sites (tertiary alicyclic amines) is 1. The van der Waals surface area contributed by atoms with Crippen LogP contribution in [-0.2, 0) is 4.79 Å². The fourth-order valence-electron chi connectivity index (χ4n) is 3.89. The number of carbonyl (C=O) groups excluding carboxylic acids is 2. The highest BCUT2D eigenvalue weighted by Crippen LogP contribution is 2.32. The van der Waals surface area contributed by atoms with Gasteiger partial charge in [0.1, 0.15) is 11.6 Å². The van der Waals surface area contributed by atoms with Crippen LogP contribution in [0.2, 0.25) is 0 Å². The van der Waals surface area contributed by atoms with Crippen molar-refractivity contribution in [3.63, 3.8) is 0 Å².